The number of hydrogen-bond donors (Lipinski definition) is 2. The van der Waals surface area contributed by atoms with E-state index in [-0.39, 0.29) is 11.3 Å². The highest BCUT2D eigenvalue weighted by molar-refractivity contribution is 5.91. The van der Waals surface area contributed by atoms with E-state index in [2.05, 4.69) is 5.32 Å². The summed E-state index contributed by atoms with van der Waals surface area (Å²) >= 11 is 0. The molecule has 1 fully saturated rings. The zero-order valence-electron chi connectivity index (χ0n) is 12.1. The lowest BCUT2D eigenvalue weighted by Crippen LogP contribution is -2.40. The standard InChI is InChI=1S/C17H21N3O/c18-13-17(7-4-8-17)12-16(21)19-14-5-3-6-15(11-14)20-9-1-2-10-20/h1-3,5-6,9-11H,4,7-8,12-13,18H2,(H,19,21). The molecule has 4 nitrogen and oxygen atoms in total. The average Bonchev–Trinajstić information content (AvgIpc) is 2.97. The van der Waals surface area contributed by atoms with Gasteiger partial charge in [0, 0.05) is 30.2 Å². The van der Waals surface area contributed by atoms with Gasteiger partial charge in [0.2, 0.25) is 5.91 Å². The van der Waals surface area contributed by atoms with Gasteiger partial charge in [0.1, 0.15) is 0 Å². The molecule has 4 heteroatoms. The first kappa shape index (κ1) is 13.9. The SMILES string of the molecule is NCC1(CC(=O)Nc2cccc(-n3cccc3)c2)CCC1. The van der Waals surface area contributed by atoms with Gasteiger partial charge in [-0.15, -0.1) is 0 Å². The molecule has 0 aliphatic heterocycles. The van der Waals surface area contributed by atoms with Crippen LogP contribution in [0.5, 0.6) is 0 Å². The fraction of sp³-hybridized carbons (Fsp3) is 0.353. The second-order valence-corrected chi connectivity index (χ2v) is 5.92. The molecule has 110 valence electrons. The summed E-state index contributed by atoms with van der Waals surface area (Å²) < 4.78 is 2.02. The molecule has 0 saturated heterocycles. The second kappa shape index (κ2) is 5.74. The number of rotatable bonds is 5. The molecule has 3 rings (SSSR count). The molecule has 1 heterocycles. The number of aromatic nitrogens is 1. The van der Waals surface area contributed by atoms with Crippen LogP contribution in [0.2, 0.25) is 0 Å². The minimum atomic E-state index is 0.0438. The number of carbonyl (C=O) groups is 1. The first-order valence-corrected chi connectivity index (χ1v) is 7.44. The first-order valence-electron chi connectivity index (χ1n) is 7.44. The number of anilines is 1. The van der Waals surface area contributed by atoms with Gasteiger partial charge in [-0.05, 0) is 55.1 Å². The topological polar surface area (TPSA) is 60.1 Å². The molecule has 1 amide bonds. The molecule has 0 radical (unpaired) electrons. The zero-order chi connectivity index (χ0) is 14.7. The molecule has 0 unspecified atom stereocenters. The number of amides is 1. The molecule has 1 aromatic heterocycles. The van der Waals surface area contributed by atoms with Gasteiger partial charge < -0.3 is 15.6 Å². The Labute approximate surface area is 125 Å². The third kappa shape index (κ3) is 3.00. The van der Waals surface area contributed by atoms with Crippen molar-refractivity contribution in [1.29, 1.82) is 0 Å². The van der Waals surface area contributed by atoms with Gasteiger partial charge in [-0.2, -0.15) is 0 Å². The van der Waals surface area contributed by atoms with Gasteiger partial charge in [0.25, 0.3) is 0 Å². The molecule has 21 heavy (non-hydrogen) atoms. The fourth-order valence-electron chi connectivity index (χ4n) is 2.93. The smallest absolute Gasteiger partial charge is 0.224 e. The summed E-state index contributed by atoms with van der Waals surface area (Å²) in [5.74, 6) is 0.0600. The van der Waals surface area contributed by atoms with Crippen molar-refractivity contribution in [3.63, 3.8) is 0 Å². The van der Waals surface area contributed by atoms with Crippen LogP contribution in [0.15, 0.2) is 48.8 Å². The highest BCUT2D eigenvalue weighted by atomic mass is 16.1. The van der Waals surface area contributed by atoms with Gasteiger partial charge in [0.05, 0.1) is 0 Å². The van der Waals surface area contributed by atoms with E-state index in [1.54, 1.807) is 0 Å². The van der Waals surface area contributed by atoms with Crippen LogP contribution in [0, 0.1) is 5.41 Å². The molecule has 1 aliphatic rings. The fourth-order valence-corrected chi connectivity index (χ4v) is 2.93. The van der Waals surface area contributed by atoms with Crippen LogP contribution in [0.4, 0.5) is 5.69 Å². The minimum Gasteiger partial charge on any atom is -0.330 e. The first-order chi connectivity index (χ1) is 10.2. The Morgan fingerprint density at radius 3 is 2.62 bits per heavy atom. The number of carbonyl (C=O) groups excluding carboxylic acids is 1. The Balaban J connectivity index is 1.67. The molecule has 0 atom stereocenters. The third-order valence-corrected chi connectivity index (χ3v) is 4.42. The molecule has 0 bridgehead atoms. The van der Waals surface area contributed by atoms with Crippen molar-refractivity contribution in [2.45, 2.75) is 25.7 Å². The Kier molecular flexibility index (Phi) is 3.80. The zero-order valence-corrected chi connectivity index (χ0v) is 12.1. The summed E-state index contributed by atoms with van der Waals surface area (Å²) in [6, 6.07) is 11.8. The van der Waals surface area contributed by atoms with Crippen LogP contribution in [0.3, 0.4) is 0 Å². The van der Waals surface area contributed by atoms with Crippen LogP contribution in [0.25, 0.3) is 5.69 Å². The van der Waals surface area contributed by atoms with Crippen molar-refractivity contribution < 1.29 is 4.79 Å². The average molecular weight is 283 g/mol. The maximum atomic E-state index is 12.2. The van der Waals surface area contributed by atoms with E-state index in [9.17, 15) is 4.79 Å². The molecule has 1 aromatic carbocycles. The van der Waals surface area contributed by atoms with E-state index in [0.29, 0.717) is 13.0 Å². The van der Waals surface area contributed by atoms with Crippen molar-refractivity contribution in [3.8, 4) is 5.69 Å². The predicted molar refractivity (Wildman–Crippen MR) is 84.4 cm³/mol. The van der Waals surface area contributed by atoms with Crippen LogP contribution < -0.4 is 11.1 Å². The van der Waals surface area contributed by atoms with Crippen molar-refractivity contribution in [3.05, 3.63) is 48.8 Å². The highest BCUT2D eigenvalue weighted by Gasteiger charge is 2.37. The number of nitrogens with zero attached hydrogens (tertiary/aromatic N) is 1. The third-order valence-electron chi connectivity index (χ3n) is 4.42. The monoisotopic (exact) mass is 283 g/mol. The Bertz CT molecular complexity index is 609. The maximum absolute atomic E-state index is 12.2. The summed E-state index contributed by atoms with van der Waals surface area (Å²) in [6.07, 6.45) is 7.82. The molecule has 2 aromatic rings. The van der Waals surface area contributed by atoms with E-state index in [0.717, 1.165) is 24.2 Å². The maximum Gasteiger partial charge on any atom is 0.224 e. The predicted octanol–water partition coefficient (Wildman–Crippen LogP) is 2.93. The van der Waals surface area contributed by atoms with E-state index >= 15 is 0 Å². The van der Waals surface area contributed by atoms with E-state index in [1.807, 2.05) is 53.4 Å². The number of benzene rings is 1. The molecular formula is C17H21N3O. The van der Waals surface area contributed by atoms with Gasteiger partial charge in [-0.25, -0.2) is 0 Å². The highest BCUT2D eigenvalue weighted by Crippen LogP contribution is 2.43. The van der Waals surface area contributed by atoms with Crippen LogP contribution in [-0.2, 0) is 4.79 Å². The van der Waals surface area contributed by atoms with Gasteiger partial charge in [-0.3, -0.25) is 4.79 Å². The van der Waals surface area contributed by atoms with Crippen molar-refractivity contribution in [2.24, 2.45) is 11.1 Å². The lowest BCUT2D eigenvalue weighted by molar-refractivity contribution is -0.119. The van der Waals surface area contributed by atoms with Crippen molar-refractivity contribution in [2.75, 3.05) is 11.9 Å². The van der Waals surface area contributed by atoms with Crippen molar-refractivity contribution >= 4 is 11.6 Å². The molecule has 1 aliphatic carbocycles. The Hall–Kier alpha value is -2.07. The van der Waals surface area contributed by atoms with E-state index < -0.39 is 0 Å². The van der Waals surface area contributed by atoms with Gasteiger partial charge in [0.15, 0.2) is 0 Å². The lowest BCUT2D eigenvalue weighted by atomic mass is 9.66. The van der Waals surface area contributed by atoms with Crippen molar-refractivity contribution in [1.82, 2.24) is 4.57 Å². The van der Waals surface area contributed by atoms with Gasteiger partial charge in [-0.1, -0.05) is 12.5 Å². The summed E-state index contributed by atoms with van der Waals surface area (Å²) in [4.78, 5) is 12.2. The van der Waals surface area contributed by atoms with Crippen LogP contribution in [0.1, 0.15) is 25.7 Å². The summed E-state index contributed by atoms with van der Waals surface area (Å²) in [7, 11) is 0. The molecular weight excluding hydrogens is 262 g/mol. The molecule has 1 saturated carbocycles. The molecule has 0 spiro atoms. The normalized spacial score (nSPS) is 16.2. The number of hydrogen-bond acceptors (Lipinski definition) is 2. The van der Waals surface area contributed by atoms with Crippen LogP contribution in [-0.4, -0.2) is 17.0 Å². The quantitative estimate of drug-likeness (QED) is 0.886. The van der Waals surface area contributed by atoms with E-state index in [4.69, 9.17) is 5.73 Å². The molecule has 3 N–H and O–H groups in total. The Morgan fingerprint density at radius 2 is 2.00 bits per heavy atom. The largest absolute Gasteiger partial charge is 0.330 e. The Morgan fingerprint density at radius 1 is 1.24 bits per heavy atom. The number of nitrogens with two attached hydrogens (primary N) is 1. The van der Waals surface area contributed by atoms with Crippen LogP contribution >= 0.6 is 0 Å². The number of nitrogens with one attached hydrogen (secondary N) is 1. The summed E-state index contributed by atoms with van der Waals surface area (Å²) in [5.41, 5.74) is 7.73. The van der Waals surface area contributed by atoms with Gasteiger partial charge >= 0.3 is 0 Å². The van der Waals surface area contributed by atoms with E-state index in [1.165, 1.54) is 6.42 Å². The summed E-state index contributed by atoms with van der Waals surface area (Å²) in [6.45, 7) is 0.601. The second-order valence-electron chi connectivity index (χ2n) is 5.92. The lowest BCUT2D eigenvalue weighted by Gasteiger charge is -2.40. The summed E-state index contributed by atoms with van der Waals surface area (Å²) in [5, 5.41) is 2.99. The minimum absolute atomic E-state index is 0.0438.